The normalized spacial score (nSPS) is 18.4. The first kappa shape index (κ1) is 15.0. The Balaban J connectivity index is 2.50. The maximum atomic E-state index is 12.0. The number of aliphatic carboxylic acids is 1. The lowest BCUT2D eigenvalue weighted by molar-refractivity contribution is -0.140. The maximum Gasteiger partial charge on any atom is 0.317 e. The summed E-state index contributed by atoms with van der Waals surface area (Å²) in [6.45, 7) is 5.79. The first-order valence-corrected chi connectivity index (χ1v) is 6.73. The average Bonchev–Trinajstić information content (AvgIpc) is 3.08. The molecule has 0 aromatic carbocycles. The highest BCUT2D eigenvalue weighted by Gasteiger charge is 2.36. The van der Waals surface area contributed by atoms with Crippen LogP contribution in [-0.2, 0) is 9.59 Å². The molecule has 0 radical (unpaired) electrons. The number of amides is 1. The number of carboxylic acids is 1. The van der Waals surface area contributed by atoms with Crippen molar-refractivity contribution in [3.8, 4) is 0 Å². The maximum absolute atomic E-state index is 12.0. The van der Waals surface area contributed by atoms with Crippen LogP contribution in [0.3, 0.4) is 0 Å². The summed E-state index contributed by atoms with van der Waals surface area (Å²) in [5, 5.41) is 11.8. The summed E-state index contributed by atoms with van der Waals surface area (Å²) in [7, 11) is 0. The van der Waals surface area contributed by atoms with E-state index in [1.54, 1.807) is 11.8 Å². The molecule has 2 unspecified atom stereocenters. The summed E-state index contributed by atoms with van der Waals surface area (Å²) in [6.07, 6.45) is 3.96. The van der Waals surface area contributed by atoms with E-state index in [2.05, 4.69) is 12.2 Å². The van der Waals surface area contributed by atoms with Gasteiger partial charge in [0.25, 0.3) is 0 Å². The van der Waals surface area contributed by atoms with Gasteiger partial charge in [-0.2, -0.15) is 0 Å². The van der Waals surface area contributed by atoms with Crippen LogP contribution in [-0.4, -0.2) is 46.6 Å². The second-order valence-electron chi connectivity index (χ2n) is 5.17. The molecule has 0 saturated heterocycles. The van der Waals surface area contributed by atoms with Gasteiger partial charge in [-0.1, -0.05) is 13.3 Å². The van der Waals surface area contributed by atoms with Crippen LogP contribution in [0.15, 0.2) is 0 Å². The molecule has 1 fully saturated rings. The molecule has 2 atom stereocenters. The quantitative estimate of drug-likeness (QED) is 0.685. The van der Waals surface area contributed by atoms with Crippen molar-refractivity contribution in [3.05, 3.63) is 0 Å². The number of nitrogens with one attached hydrogen (secondary N) is 1. The lowest BCUT2D eigenvalue weighted by atomic mass is 10.1. The lowest BCUT2D eigenvalue weighted by Crippen LogP contribution is -2.50. The Morgan fingerprint density at radius 3 is 2.44 bits per heavy atom. The second kappa shape index (κ2) is 6.73. The van der Waals surface area contributed by atoms with Crippen molar-refractivity contribution in [1.29, 1.82) is 0 Å². The zero-order chi connectivity index (χ0) is 13.7. The van der Waals surface area contributed by atoms with E-state index in [9.17, 15) is 9.59 Å². The zero-order valence-corrected chi connectivity index (χ0v) is 11.5. The van der Waals surface area contributed by atoms with Gasteiger partial charge in [-0.25, -0.2) is 0 Å². The number of rotatable bonds is 8. The molecule has 1 rings (SSSR count). The van der Waals surface area contributed by atoms with Gasteiger partial charge in [-0.15, -0.1) is 0 Å². The summed E-state index contributed by atoms with van der Waals surface area (Å²) in [4.78, 5) is 24.6. The van der Waals surface area contributed by atoms with Crippen LogP contribution in [0.1, 0.15) is 46.5 Å². The number of hydrogen-bond donors (Lipinski definition) is 2. The van der Waals surface area contributed by atoms with Gasteiger partial charge in [0.15, 0.2) is 0 Å². The topological polar surface area (TPSA) is 69.6 Å². The van der Waals surface area contributed by atoms with E-state index in [0.29, 0.717) is 0 Å². The van der Waals surface area contributed by atoms with Crippen LogP contribution in [0.5, 0.6) is 0 Å². The lowest BCUT2D eigenvalue weighted by Gasteiger charge is -2.27. The van der Waals surface area contributed by atoms with Crippen molar-refractivity contribution in [2.45, 2.75) is 64.6 Å². The molecule has 1 amide bonds. The van der Waals surface area contributed by atoms with Crippen LogP contribution in [0.4, 0.5) is 0 Å². The van der Waals surface area contributed by atoms with Gasteiger partial charge in [0.2, 0.25) is 5.91 Å². The van der Waals surface area contributed by atoms with E-state index in [1.807, 2.05) is 6.92 Å². The molecule has 1 saturated carbocycles. The predicted octanol–water partition coefficient (Wildman–Crippen LogP) is 1.23. The summed E-state index contributed by atoms with van der Waals surface area (Å²) >= 11 is 0. The molecule has 1 aliphatic rings. The third-order valence-electron chi connectivity index (χ3n) is 3.32. The third-order valence-corrected chi connectivity index (χ3v) is 3.32. The van der Waals surface area contributed by atoms with Crippen LogP contribution < -0.4 is 5.32 Å². The fraction of sp³-hybridized carbons (Fsp3) is 0.846. The van der Waals surface area contributed by atoms with Crippen LogP contribution in [0.25, 0.3) is 0 Å². The highest BCUT2D eigenvalue weighted by Crippen LogP contribution is 2.28. The molecule has 2 N–H and O–H groups in total. The second-order valence-corrected chi connectivity index (χ2v) is 5.17. The molecule has 0 spiro atoms. The molecule has 0 aromatic heterocycles. The van der Waals surface area contributed by atoms with Gasteiger partial charge in [0.05, 0.1) is 12.6 Å². The third kappa shape index (κ3) is 4.64. The van der Waals surface area contributed by atoms with Gasteiger partial charge in [-0.3, -0.25) is 14.5 Å². The van der Waals surface area contributed by atoms with E-state index < -0.39 is 5.97 Å². The zero-order valence-electron chi connectivity index (χ0n) is 11.5. The first-order chi connectivity index (χ1) is 8.45. The number of nitrogens with zero attached hydrogens (tertiary/aromatic N) is 1. The molecular formula is C13H24N2O3. The van der Waals surface area contributed by atoms with Crippen molar-refractivity contribution in [3.63, 3.8) is 0 Å². The minimum Gasteiger partial charge on any atom is -0.480 e. The molecule has 104 valence electrons. The molecule has 5 heteroatoms. The number of hydrogen-bond acceptors (Lipinski definition) is 3. The summed E-state index contributed by atoms with van der Waals surface area (Å²) < 4.78 is 0. The Hall–Kier alpha value is -1.10. The van der Waals surface area contributed by atoms with E-state index in [4.69, 9.17) is 5.11 Å². The Kier molecular flexibility index (Phi) is 5.59. The average molecular weight is 256 g/mol. The fourth-order valence-electron chi connectivity index (χ4n) is 2.16. The molecular weight excluding hydrogens is 232 g/mol. The summed E-state index contributed by atoms with van der Waals surface area (Å²) in [5.74, 6) is -0.938. The van der Waals surface area contributed by atoms with Crippen molar-refractivity contribution in [2.24, 2.45) is 0 Å². The van der Waals surface area contributed by atoms with Gasteiger partial charge in [0, 0.05) is 12.1 Å². The largest absolute Gasteiger partial charge is 0.480 e. The highest BCUT2D eigenvalue weighted by atomic mass is 16.4. The SMILES string of the molecule is CCCC(C)NC(=O)C(C)N(CC(=O)O)C1CC1. The Bertz CT molecular complexity index is 303. The number of carbonyl (C=O) groups is 2. The molecule has 18 heavy (non-hydrogen) atoms. The van der Waals surface area contributed by atoms with Crippen molar-refractivity contribution >= 4 is 11.9 Å². The van der Waals surface area contributed by atoms with Crippen LogP contribution >= 0.6 is 0 Å². The van der Waals surface area contributed by atoms with Crippen molar-refractivity contribution in [1.82, 2.24) is 10.2 Å². The van der Waals surface area contributed by atoms with Crippen LogP contribution in [0.2, 0.25) is 0 Å². The van der Waals surface area contributed by atoms with Crippen LogP contribution in [0, 0.1) is 0 Å². The van der Waals surface area contributed by atoms with E-state index >= 15 is 0 Å². The molecule has 1 aliphatic carbocycles. The van der Waals surface area contributed by atoms with Gasteiger partial charge in [0.1, 0.15) is 0 Å². The predicted molar refractivity (Wildman–Crippen MR) is 69.3 cm³/mol. The van der Waals surface area contributed by atoms with E-state index in [0.717, 1.165) is 25.7 Å². The van der Waals surface area contributed by atoms with Crippen molar-refractivity contribution in [2.75, 3.05) is 6.54 Å². The van der Waals surface area contributed by atoms with E-state index in [1.165, 1.54) is 0 Å². The molecule has 0 aromatic rings. The Morgan fingerprint density at radius 2 is 2.00 bits per heavy atom. The minimum absolute atomic E-state index is 0.0542. The smallest absolute Gasteiger partial charge is 0.317 e. The molecule has 0 bridgehead atoms. The minimum atomic E-state index is -0.872. The number of carbonyl (C=O) groups excluding carboxylic acids is 1. The monoisotopic (exact) mass is 256 g/mol. The molecule has 5 nitrogen and oxygen atoms in total. The van der Waals surface area contributed by atoms with E-state index in [-0.39, 0.29) is 30.6 Å². The highest BCUT2D eigenvalue weighted by molar-refractivity contribution is 5.82. The molecule has 0 heterocycles. The van der Waals surface area contributed by atoms with Crippen molar-refractivity contribution < 1.29 is 14.7 Å². The van der Waals surface area contributed by atoms with Gasteiger partial charge < -0.3 is 10.4 Å². The standard InChI is InChI=1S/C13H24N2O3/c1-4-5-9(2)14-13(18)10(3)15(8-12(16)17)11-6-7-11/h9-11H,4-8H2,1-3H3,(H,14,18)(H,16,17). The molecule has 0 aliphatic heterocycles. The Morgan fingerprint density at radius 1 is 1.39 bits per heavy atom. The summed E-state index contributed by atoms with van der Waals surface area (Å²) in [6, 6.07) is 0.0482. The Labute approximate surface area is 109 Å². The van der Waals surface area contributed by atoms with Gasteiger partial charge >= 0.3 is 5.97 Å². The first-order valence-electron chi connectivity index (χ1n) is 6.73. The van der Waals surface area contributed by atoms with Gasteiger partial charge in [-0.05, 0) is 33.1 Å². The fourth-order valence-corrected chi connectivity index (χ4v) is 2.16. The number of carboxylic acid groups (broad SMARTS) is 1. The summed E-state index contributed by atoms with van der Waals surface area (Å²) in [5.41, 5.74) is 0.